The molecule has 0 N–H and O–H groups in total. The monoisotopic (exact) mass is 376 g/mol. The molecule has 27 heavy (non-hydrogen) atoms. The molecular formula is C24H37FO2. The molecule has 1 heterocycles. The Bertz CT molecular complexity index is 557. The molecule has 0 unspecified atom stereocenters. The minimum atomic E-state index is -0.0369. The zero-order valence-electron chi connectivity index (χ0n) is 17.2. The van der Waals surface area contributed by atoms with Gasteiger partial charge in [-0.15, -0.1) is 0 Å². The highest BCUT2D eigenvalue weighted by molar-refractivity contribution is 5.27. The number of ether oxygens (including phenoxy) is 2. The van der Waals surface area contributed by atoms with Crippen molar-refractivity contribution in [2.24, 2.45) is 11.8 Å². The maximum absolute atomic E-state index is 14.5. The molecule has 0 aromatic heterocycles. The molecule has 3 heteroatoms. The smallest absolute Gasteiger partial charge is 0.160 e. The van der Waals surface area contributed by atoms with E-state index >= 15 is 0 Å². The molecule has 0 spiro atoms. The Hall–Kier alpha value is -0.930. The zero-order valence-corrected chi connectivity index (χ0v) is 17.2. The Morgan fingerprint density at radius 2 is 1.70 bits per heavy atom. The van der Waals surface area contributed by atoms with Crippen LogP contribution in [0.5, 0.6) is 0 Å². The molecule has 1 saturated heterocycles. The van der Waals surface area contributed by atoms with Crippen molar-refractivity contribution >= 4 is 0 Å². The molecule has 1 aliphatic heterocycles. The summed E-state index contributed by atoms with van der Waals surface area (Å²) in [6.45, 7) is 6.07. The van der Waals surface area contributed by atoms with Crippen molar-refractivity contribution in [3.8, 4) is 0 Å². The summed E-state index contributed by atoms with van der Waals surface area (Å²) in [5.41, 5.74) is 2.03. The molecule has 1 aromatic rings. The lowest BCUT2D eigenvalue weighted by Gasteiger charge is -2.37. The first-order valence-corrected chi connectivity index (χ1v) is 11.2. The topological polar surface area (TPSA) is 18.5 Å². The SMILES string of the molecule is CCCCCC1COC(C2CCC(c3ccc(CCC)cc3F)CC2)OC1. The summed E-state index contributed by atoms with van der Waals surface area (Å²) in [6.07, 6.45) is 11.3. The Morgan fingerprint density at radius 3 is 2.33 bits per heavy atom. The van der Waals surface area contributed by atoms with Crippen molar-refractivity contribution in [3.05, 3.63) is 35.1 Å². The second-order valence-electron chi connectivity index (χ2n) is 8.61. The lowest BCUT2D eigenvalue weighted by atomic mass is 9.78. The summed E-state index contributed by atoms with van der Waals surface area (Å²) in [5.74, 6) is 1.38. The standard InChI is InChI=1S/C24H37FO2/c1-3-5-6-8-19-16-26-24(27-17-19)21-12-10-20(11-13-21)22-14-9-18(7-4-2)15-23(22)25/h9,14-15,19-21,24H,3-8,10-13,16-17H2,1-2H3. The fourth-order valence-electron chi connectivity index (χ4n) is 4.73. The van der Waals surface area contributed by atoms with E-state index in [1.807, 2.05) is 6.07 Å². The van der Waals surface area contributed by atoms with Crippen molar-refractivity contribution in [1.29, 1.82) is 0 Å². The minimum absolute atomic E-state index is 0.00973. The van der Waals surface area contributed by atoms with E-state index in [9.17, 15) is 4.39 Å². The van der Waals surface area contributed by atoms with Gasteiger partial charge in [0.25, 0.3) is 0 Å². The predicted octanol–water partition coefficient (Wildman–Crippen LogP) is 6.62. The molecule has 2 nitrogen and oxygen atoms in total. The van der Waals surface area contributed by atoms with Crippen LogP contribution in [0.2, 0.25) is 0 Å². The van der Waals surface area contributed by atoms with Gasteiger partial charge in [-0.3, -0.25) is 0 Å². The van der Waals surface area contributed by atoms with Gasteiger partial charge < -0.3 is 9.47 Å². The van der Waals surface area contributed by atoms with Crippen LogP contribution >= 0.6 is 0 Å². The van der Waals surface area contributed by atoms with Gasteiger partial charge in [0.15, 0.2) is 6.29 Å². The third-order valence-corrected chi connectivity index (χ3v) is 6.41. The van der Waals surface area contributed by atoms with Gasteiger partial charge in [-0.05, 0) is 61.6 Å². The number of unbranched alkanes of at least 4 members (excludes halogenated alkanes) is 2. The number of halogens is 1. The quantitative estimate of drug-likeness (QED) is 0.475. The Labute approximate surface area is 164 Å². The van der Waals surface area contributed by atoms with E-state index in [4.69, 9.17) is 9.47 Å². The van der Waals surface area contributed by atoms with Gasteiger partial charge in [0.05, 0.1) is 13.2 Å². The molecule has 0 radical (unpaired) electrons. The van der Waals surface area contributed by atoms with Crippen LogP contribution in [0.3, 0.4) is 0 Å². The van der Waals surface area contributed by atoms with E-state index in [0.29, 0.717) is 17.8 Å². The fraction of sp³-hybridized carbons (Fsp3) is 0.750. The summed E-state index contributed by atoms with van der Waals surface area (Å²) < 4.78 is 26.7. The third-order valence-electron chi connectivity index (χ3n) is 6.41. The number of hydrogen-bond donors (Lipinski definition) is 0. The van der Waals surface area contributed by atoms with Gasteiger partial charge in [-0.1, -0.05) is 51.7 Å². The highest BCUT2D eigenvalue weighted by Gasteiger charge is 2.33. The number of rotatable bonds is 8. The third kappa shape index (κ3) is 5.77. The van der Waals surface area contributed by atoms with Crippen LogP contribution in [0.1, 0.15) is 88.7 Å². The summed E-state index contributed by atoms with van der Waals surface area (Å²) in [6, 6.07) is 5.89. The van der Waals surface area contributed by atoms with Crippen LogP contribution < -0.4 is 0 Å². The summed E-state index contributed by atoms with van der Waals surface area (Å²) in [5, 5.41) is 0. The Balaban J connectivity index is 1.44. The summed E-state index contributed by atoms with van der Waals surface area (Å²) in [7, 11) is 0. The van der Waals surface area contributed by atoms with Crippen molar-refractivity contribution < 1.29 is 13.9 Å². The first kappa shape index (κ1) is 20.8. The maximum Gasteiger partial charge on any atom is 0.160 e. The van der Waals surface area contributed by atoms with Crippen LogP contribution in [-0.2, 0) is 15.9 Å². The lowest BCUT2D eigenvalue weighted by molar-refractivity contribution is -0.229. The van der Waals surface area contributed by atoms with Gasteiger partial charge in [0, 0.05) is 11.8 Å². The maximum atomic E-state index is 14.5. The molecule has 2 aliphatic rings. The van der Waals surface area contributed by atoms with E-state index in [1.54, 1.807) is 6.07 Å². The lowest BCUT2D eigenvalue weighted by Crippen LogP contribution is -2.38. The molecule has 1 aromatic carbocycles. The van der Waals surface area contributed by atoms with E-state index in [1.165, 1.54) is 25.7 Å². The first-order valence-electron chi connectivity index (χ1n) is 11.2. The second-order valence-corrected chi connectivity index (χ2v) is 8.61. The minimum Gasteiger partial charge on any atom is -0.352 e. The van der Waals surface area contributed by atoms with Crippen molar-refractivity contribution in [2.75, 3.05) is 13.2 Å². The van der Waals surface area contributed by atoms with E-state index in [0.717, 1.165) is 62.9 Å². The van der Waals surface area contributed by atoms with Crippen LogP contribution in [0.25, 0.3) is 0 Å². The Morgan fingerprint density at radius 1 is 0.963 bits per heavy atom. The van der Waals surface area contributed by atoms with Crippen LogP contribution in [0, 0.1) is 17.7 Å². The van der Waals surface area contributed by atoms with E-state index in [2.05, 4.69) is 19.9 Å². The van der Waals surface area contributed by atoms with Crippen LogP contribution in [0.15, 0.2) is 18.2 Å². The molecule has 0 atom stereocenters. The van der Waals surface area contributed by atoms with Crippen LogP contribution in [-0.4, -0.2) is 19.5 Å². The number of benzene rings is 1. The van der Waals surface area contributed by atoms with E-state index < -0.39 is 0 Å². The second kappa shape index (κ2) is 10.6. The Kier molecular flexibility index (Phi) is 8.14. The zero-order chi connectivity index (χ0) is 19.1. The first-order chi connectivity index (χ1) is 13.2. The van der Waals surface area contributed by atoms with Crippen molar-refractivity contribution in [1.82, 2.24) is 0 Å². The highest BCUT2D eigenvalue weighted by Crippen LogP contribution is 2.40. The average molecular weight is 377 g/mol. The molecule has 1 aliphatic carbocycles. The van der Waals surface area contributed by atoms with E-state index in [-0.39, 0.29) is 12.1 Å². The number of aryl methyl sites for hydroxylation is 1. The molecule has 0 bridgehead atoms. The predicted molar refractivity (Wildman–Crippen MR) is 108 cm³/mol. The summed E-state index contributed by atoms with van der Waals surface area (Å²) in [4.78, 5) is 0. The molecule has 1 saturated carbocycles. The van der Waals surface area contributed by atoms with Crippen LogP contribution in [0.4, 0.5) is 4.39 Å². The molecular weight excluding hydrogens is 339 g/mol. The van der Waals surface area contributed by atoms with Gasteiger partial charge in [-0.25, -0.2) is 4.39 Å². The molecule has 3 rings (SSSR count). The molecule has 2 fully saturated rings. The van der Waals surface area contributed by atoms with Crippen molar-refractivity contribution in [2.45, 2.75) is 90.3 Å². The van der Waals surface area contributed by atoms with Crippen molar-refractivity contribution in [3.63, 3.8) is 0 Å². The van der Waals surface area contributed by atoms with Gasteiger partial charge in [0.2, 0.25) is 0 Å². The average Bonchev–Trinajstić information content (AvgIpc) is 2.69. The molecule has 0 amide bonds. The summed E-state index contributed by atoms with van der Waals surface area (Å²) >= 11 is 0. The fourth-order valence-corrected chi connectivity index (χ4v) is 4.73. The highest BCUT2D eigenvalue weighted by atomic mass is 19.1. The normalized spacial score (nSPS) is 29.0. The largest absolute Gasteiger partial charge is 0.352 e. The molecule has 152 valence electrons. The van der Waals surface area contributed by atoms with Gasteiger partial charge in [-0.2, -0.15) is 0 Å². The number of hydrogen-bond acceptors (Lipinski definition) is 2. The van der Waals surface area contributed by atoms with Gasteiger partial charge in [0.1, 0.15) is 5.82 Å². The van der Waals surface area contributed by atoms with Gasteiger partial charge >= 0.3 is 0 Å².